The highest BCUT2D eigenvalue weighted by molar-refractivity contribution is 9.10. The van der Waals surface area contributed by atoms with Gasteiger partial charge in [0, 0.05) is 38.1 Å². The van der Waals surface area contributed by atoms with Crippen molar-refractivity contribution >= 4 is 60.8 Å². The minimum atomic E-state index is -0.237. The lowest BCUT2D eigenvalue weighted by molar-refractivity contribution is 0.102. The fraction of sp³-hybridized carbons (Fsp3) is 0.0800. The Morgan fingerprint density at radius 2 is 1.94 bits per heavy atom. The SMILES string of the molecule is Cc1ccc(Cc2cnc(NC(=O)c3ccc4noc(-c5ccc(Br)cc5)c4c3)s2)cc1Cl. The largest absolute Gasteiger partial charge is 0.355 e. The van der Waals surface area contributed by atoms with Crippen molar-refractivity contribution in [3.05, 3.63) is 97.9 Å². The third-order valence-electron chi connectivity index (χ3n) is 5.23. The minimum absolute atomic E-state index is 0.237. The second-order valence-corrected chi connectivity index (χ2v) is 10.0. The quantitative estimate of drug-likeness (QED) is 0.251. The third kappa shape index (κ3) is 4.71. The van der Waals surface area contributed by atoms with E-state index in [9.17, 15) is 4.79 Å². The van der Waals surface area contributed by atoms with E-state index < -0.39 is 0 Å². The highest BCUT2D eigenvalue weighted by Crippen LogP contribution is 2.31. The summed E-state index contributed by atoms with van der Waals surface area (Å²) >= 11 is 11.1. The van der Waals surface area contributed by atoms with E-state index in [1.54, 1.807) is 24.4 Å². The van der Waals surface area contributed by atoms with E-state index in [0.29, 0.717) is 28.4 Å². The number of amides is 1. The summed E-state index contributed by atoms with van der Waals surface area (Å²) in [5, 5.41) is 9.09. The number of aromatic nitrogens is 2. The van der Waals surface area contributed by atoms with Crippen LogP contribution in [-0.2, 0) is 6.42 Å². The molecule has 0 saturated carbocycles. The van der Waals surface area contributed by atoms with Crippen molar-refractivity contribution in [1.82, 2.24) is 10.1 Å². The summed E-state index contributed by atoms with van der Waals surface area (Å²) in [6.07, 6.45) is 2.49. The van der Waals surface area contributed by atoms with Crippen LogP contribution < -0.4 is 5.32 Å². The number of nitrogens with zero attached hydrogens (tertiary/aromatic N) is 2. The number of anilines is 1. The average Bonchev–Trinajstić information content (AvgIpc) is 3.43. The van der Waals surface area contributed by atoms with E-state index >= 15 is 0 Å². The van der Waals surface area contributed by atoms with Crippen molar-refractivity contribution in [2.45, 2.75) is 13.3 Å². The molecule has 8 heteroatoms. The van der Waals surface area contributed by atoms with Gasteiger partial charge in [-0.1, -0.05) is 44.8 Å². The van der Waals surface area contributed by atoms with Crippen LogP contribution in [0.15, 0.2) is 75.9 Å². The maximum atomic E-state index is 12.9. The molecule has 33 heavy (non-hydrogen) atoms. The van der Waals surface area contributed by atoms with Crippen molar-refractivity contribution in [1.29, 1.82) is 0 Å². The highest BCUT2D eigenvalue weighted by atomic mass is 79.9. The smallest absolute Gasteiger partial charge is 0.257 e. The Balaban J connectivity index is 1.34. The number of hydrogen-bond acceptors (Lipinski definition) is 5. The number of carbonyl (C=O) groups excluding carboxylic acids is 1. The number of thiazole rings is 1. The molecule has 0 atom stereocenters. The van der Waals surface area contributed by atoms with Gasteiger partial charge in [0.05, 0.1) is 5.39 Å². The van der Waals surface area contributed by atoms with Crippen LogP contribution in [0.4, 0.5) is 5.13 Å². The van der Waals surface area contributed by atoms with E-state index in [4.69, 9.17) is 16.1 Å². The first-order valence-electron chi connectivity index (χ1n) is 10.1. The molecule has 0 radical (unpaired) electrons. The molecule has 5 rings (SSSR count). The number of benzene rings is 3. The van der Waals surface area contributed by atoms with E-state index in [-0.39, 0.29) is 5.91 Å². The molecule has 0 spiro atoms. The standard InChI is InChI=1S/C25H17BrClN3O2S/c1-14-2-3-15(11-21(14)27)10-19-13-28-25(33-19)29-24(31)17-6-9-22-20(12-17)23(32-30-22)16-4-7-18(26)8-5-16/h2-9,11-13H,10H2,1H3,(H,28,29,31). The molecule has 0 saturated heterocycles. The zero-order chi connectivity index (χ0) is 22.9. The van der Waals surface area contributed by atoms with Gasteiger partial charge in [-0.05, 0) is 66.6 Å². The van der Waals surface area contributed by atoms with Gasteiger partial charge in [0.2, 0.25) is 0 Å². The summed E-state index contributed by atoms with van der Waals surface area (Å²) in [4.78, 5) is 18.3. The van der Waals surface area contributed by atoms with Crippen molar-refractivity contribution in [2.75, 3.05) is 5.32 Å². The van der Waals surface area contributed by atoms with Gasteiger partial charge in [-0.3, -0.25) is 10.1 Å². The van der Waals surface area contributed by atoms with E-state index in [1.807, 2.05) is 43.3 Å². The Bertz CT molecular complexity index is 1480. The molecule has 3 aromatic carbocycles. The molecule has 164 valence electrons. The Morgan fingerprint density at radius 1 is 1.12 bits per heavy atom. The predicted octanol–water partition coefficient (Wildman–Crippen LogP) is 7.52. The molecule has 5 aromatic rings. The van der Waals surface area contributed by atoms with Crippen LogP contribution in [0.1, 0.15) is 26.4 Å². The van der Waals surface area contributed by atoms with Gasteiger partial charge < -0.3 is 4.52 Å². The van der Waals surface area contributed by atoms with Crippen LogP contribution in [0.25, 0.3) is 22.2 Å². The molecule has 0 unspecified atom stereocenters. The van der Waals surface area contributed by atoms with Gasteiger partial charge in [0.15, 0.2) is 10.9 Å². The van der Waals surface area contributed by atoms with Gasteiger partial charge in [-0.15, -0.1) is 11.3 Å². The Morgan fingerprint density at radius 3 is 2.73 bits per heavy atom. The summed E-state index contributed by atoms with van der Waals surface area (Å²) in [7, 11) is 0. The van der Waals surface area contributed by atoms with Gasteiger partial charge in [-0.2, -0.15) is 0 Å². The maximum Gasteiger partial charge on any atom is 0.257 e. The van der Waals surface area contributed by atoms with Crippen LogP contribution in [0.3, 0.4) is 0 Å². The maximum absolute atomic E-state index is 12.9. The normalized spacial score (nSPS) is 11.1. The molecular formula is C25H17BrClN3O2S. The molecule has 2 aromatic heterocycles. The van der Waals surface area contributed by atoms with Crippen LogP contribution in [0, 0.1) is 6.92 Å². The van der Waals surface area contributed by atoms with Crippen LogP contribution in [0.5, 0.6) is 0 Å². The van der Waals surface area contributed by atoms with Gasteiger partial charge >= 0.3 is 0 Å². The first kappa shape index (κ1) is 21.8. The predicted molar refractivity (Wildman–Crippen MR) is 136 cm³/mol. The van der Waals surface area contributed by atoms with Crippen LogP contribution in [0.2, 0.25) is 5.02 Å². The Hall–Kier alpha value is -3.00. The van der Waals surface area contributed by atoms with Crippen LogP contribution in [-0.4, -0.2) is 16.0 Å². The second-order valence-electron chi connectivity index (χ2n) is 7.60. The topological polar surface area (TPSA) is 68.0 Å². The van der Waals surface area contributed by atoms with E-state index in [2.05, 4.69) is 37.5 Å². The summed E-state index contributed by atoms with van der Waals surface area (Å²) in [6, 6.07) is 19.1. The lowest BCUT2D eigenvalue weighted by Gasteiger charge is -2.03. The second kappa shape index (κ2) is 9.09. The molecular weight excluding hydrogens is 522 g/mol. The monoisotopic (exact) mass is 537 g/mol. The number of fused-ring (bicyclic) bond motifs is 1. The molecule has 0 aliphatic heterocycles. The summed E-state index contributed by atoms with van der Waals surface area (Å²) in [5.41, 5.74) is 4.24. The summed E-state index contributed by atoms with van der Waals surface area (Å²) in [5.74, 6) is 0.388. The molecule has 1 amide bonds. The fourth-order valence-electron chi connectivity index (χ4n) is 3.46. The molecule has 0 bridgehead atoms. The molecule has 1 N–H and O–H groups in total. The van der Waals surface area contributed by atoms with Crippen LogP contribution >= 0.6 is 38.9 Å². The van der Waals surface area contributed by atoms with E-state index in [1.165, 1.54) is 11.3 Å². The number of carbonyl (C=O) groups is 1. The number of aryl methyl sites for hydroxylation is 1. The van der Waals surface area contributed by atoms with Crippen molar-refractivity contribution < 1.29 is 9.32 Å². The van der Waals surface area contributed by atoms with Crippen molar-refractivity contribution in [3.63, 3.8) is 0 Å². The van der Waals surface area contributed by atoms with Gasteiger partial charge in [0.25, 0.3) is 5.91 Å². The molecule has 2 heterocycles. The Kier molecular flexibility index (Phi) is 6.01. The van der Waals surface area contributed by atoms with E-state index in [0.717, 1.165) is 36.4 Å². The fourth-order valence-corrected chi connectivity index (χ4v) is 4.77. The molecule has 0 fully saturated rings. The van der Waals surface area contributed by atoms with Crippen molar-refractivity contribution in [3.8, 4) is 11.3 Å². The number of nitrogens with one attached hydrogen (secondary N) is 1. The third-order valence-corrected chi connectivity index (χ3v) is 7.08. The first-order chi connectivity index (χ1) is 16.0. The zero-order valence-corrected chi connectivity index (χ0v) is 20.6. The Labute approximate surface area is 207 Å². The lowest BCUT2D eigenvalue weighted by Crippen LogP contribution is -2.11. The molecule has 0 aliphatic rings. The molecule has 5 nitrogen and oxygen atoms in total. The van der Waals surface area contributed by atoms with Crippen molar-refractivity contribution in [2.24, 2.45) is 0 Å². The number of hydrogen-bond donors (Lipinski definition) is 1. The number of halogens is 2. The number of rotatable bonds is 5. The zero-order valence-electron chi connectivity index (χ0n) is 17.4. The summed E-state index contributed by atoms with van der Waals surface area (Å²) in [6.45, 7) is 1.98. The lowest BCUT2D eigenvalue weighted by atomic mass is 10.1. The minimum Gasteiger partial charge on any atom is -0.355 e. The van der Waals surface area contributed by atoms with Gasteiger partial charge in [0.1, 0.15) is 5.52 Å². The average molecular weight is 539 g/mol. The van der Waals surface area contributed by atoms with Gasteiger partial charge in [-0.25, -0.2) is 4.98 Å². The summed E-state index contributed by atoms with van der Waals surface area (Å²) < 4.78 is 6.53. The first-order valence-corrected chi connectivity index (χ1v) is 12.1. The molecule has 0 aliphatic carbocycles. The highest BCUT2D eigenvalue weighted by Gasteiger charge is 2.15.